The lowest BCUT2D eigenvalue weighted by molar-refractivity contribution is -0.137. The Labute approximate surface area is 178 Å². The number of pyridine rings is 2. The number of carbonyl (C=O) groups is 1. The van der Waals surface area contributed by atoms with Crippen molar-refractivity contribution in [1.29, 1.82) is 0 Å². The number of halogens is 7. The summed E-state index contributed by atoms with van der Waals surface area (Å²) in [5.74, 6) is -0.0701. The maximum absolute atomic E-state index is 12.7. The number of aromatic nitrogens is 2. The van der Waals surface area contributed by atoms with E-state index in [0.29, 0.717) is 18.9 Å². The van der Waals surface area contributed by atoms with Crippen LogP contribution in [0.15, 0.2) is 18.3 Å². The molecule has 0 aromatic carbocycles. The molecule has 0 unspecified atom stereocenters. The van der Waals surface area contributed by atoms with Gasteiger partial charge in [-0.15, -0.1) is 0 Å². The molecule has 1 amide bonds. The van der Waals surface area contributed by atoms with Gasteiger partial charge in [-0.3, -0.25) is 4.79 Å². The summed E-state index contributed by atoms with van der Waals surface area (Å²) in [4.78, 5) is 23.7. The fourth-order valence-electron chi connectivity index (χ4n) is 2.66. The fourth-order valence-corrected chi connectivity index (χ4v) is 3.47. The molecule has 150 valence electrons. The number of hydrogen-bond donors (Lipinski definition) is 0. The van der Waals surface area contributed by atoms with Gasteiger partial charge >= 0.3 is 6.18 Å². The normalized spacial score (nSPS) is 15.1. The van der Waals surface area contributed by atoms with Gasteiger partial charge in [-0.05, 0) is 12.1 Å². The van der Waals surface area contributed by atoms with Gasteiger partial charge in [-0.1, -0.05) is 46.4 Å². The third-order valence-electron chi connectivity index (χ3n) is 4.15. The molecular formula is C16H11Cl4F3N4O. The van der Waals surface area contributed by atoms with Crippen molar-refractivity contribution in [2.45, 2.75) is 6.18 Å². The Morgan fingerprint density at radius 1 is 0.964 bits per heavy atom. The van der Waals surface area contributed by atoms with Crippen molar-refractivity contribution in [3.05, 3.63) is 49.8 Å². The molecule has 12 heteroatoms. The third-order valence-corrected chi connectivity index (χ3v) is 5.83. The maximum Gasteiger partial charge on any atom is 0.417 e. The van der Waals surface area contributed by atoms with Crippen LogP contribution >= 0.6 is 46.4 Å². The SMILES string of the molecule is O=C(c1nc(Cl)c(Cl)c(Cl)c1Cl)N1CCN(c2ccc(C(F)(F)F)cn2)CC1. The molecule has 1 aliphatic heterocycles. The van der Waals surface area contributed by atoms with E-state index in [0.717, 1.165) is 12.3 Å². The first-order valence-corrected chi connectivity index (χ1v) is 9.38. The first kappa shape index (κ1) is 21.2. The van der Waals surface area contributed by atoms with Crippen molar-refractivity contribution in [2.75, 3.05) is 31.1 Å². The van der Waals surface area contributed by atoms with E-state index in [4.69, 9.17) is 46.4 Å². The zero-order valence-corrected chi connectivity index (χ0v) is 16.9. The lowest BCUT2D eigenvalue weighted by Gasteiger charge is -2.35. The molecule has 0 radical (unpaired) electrons. The molecule has 2 aromatic rings. The molecule has 1 aliphatic rings. The fraction of sp³-hybridized carbons (Fsp3) is 0.312. The Balaban J connectivity index is 1.70. The van der Waals surface area contributed by atoms with Gasteiger partial charge in [0.15, 0.2) is 0 Å². The summed E-state index contributed by atoms with van der Waals surface area (Å²) in [7, 11) is 0. The highest BCUT2D eigenvalue weighted by molar-refractivity contribution is 6.52. The van der Waals surface area contributed by atoms with Crippen LogP contribution in [0.4, 0.5) is 19.0 Å². The van der Waals surface area contributed by atoms with Gasteiger partial charge in [0.25, 0.3) is 5.91 Å². The summed E-state index contributed by atoms with van der Waals surface area (Å²) in [5, 5.41) is -0.317. The van der Waals surface area contributed by atoms with Gasteiger partial charge in [0.2, 0.25) is 0 Å². The van der Waals surface area contributed by atoms with Crippen molar-refractivity contribution in [2.24, 2.45) is 0 Å². The van der Waals surface area contributed by atoms with Crippen LogP contribution in [0.2, 0.25) is 20.2 Å². The molecule has 0 atom stereocenters. The van der Waals surface area contributed by atoms with E-state index in [1.807, 2.05) is 0 Å². The van der Waals surface area contributed by atoms with Crippen LogP contribution in [0.3, 0.4) is 0 Å². The van der Waals surface area contributed by atoms with E-state index in [1.54, 1.807) is 4.90 Å². The number of rotatable bonds is 2. The van der Waals surface area contributed by atoms with Crippen LogP contribution in [0.25, 0.3) is 0 Å². The molecule has 2 aromatic heterocycles. The van der Waals surface area contributed by atoms with E-state index in [9.17, 15) is 18.0 Å². The van der Waals surface area contributed by atoms with Crippen LogP contribution in [-0.4, -0.2) is 47.0 Å². The first-order valence-electron chi connectivity index (χ1n) is 7.87. The molecule has 5 nitrogen and oxygen atoms in total. The van der Waals surface area contributed by atoms with Crippen LogP contribution in [0, 0.1) is 0 Å². The molecule has 28 heavy (non-hydrogen) atoms. The molecule has 1 saturated heterocycles. The number of nitrogens with zero attached hydrogens (tertiary/aromatic N) is 4. The molecule has 0 bridgehead atoms. The van der Waals surface area contributed by atoms with Gasteiger partial charge < -0.3 is 9.80 Å². The van der Waals surface area contributed by atoms with Gasteiger partial charge in [0, 0.05) is 32.4 Å². The number of piperazine rings is 1. The van der Waals surface area contributed by atoms with Crippen molar-refractivity contribution in [3.63, 3.8) is 0 Å². The average Bonchev–Trinajstić information content (AvgIpc) is 2.68. The van der Waals surface area contributed by atoms with Crippen molar-refractivity contribution < 1.29 is 18.0 Å². The Kier molecular flexibility index (Phi) is 6.14. The van der Waals surface area contributed by atoms with Gasteiger partial charge in [-0.2, -0.15) is 13.2 Å². The molecule has 0 aliphatic carbocycles. The minimum atomic E-state index is -4.44. The molecule has 3 heterocycles. The smallest absolute Gasteiger partial charge is 0.353 e. The number of anilines is 1. The summed E-state index contributed by atoms with van der Waals surface area (Å²) in [6, 6.07) is 2.28. The van der Waals surface area contributed by atoms with Crippen molar-refractivity contribution >= 4 is 58.1 Å². The molecule has 3 rings (SSSR count). The van der Waals surface area contributed by atoms with E-state index in [1.165, 1.54) is 11.0 Å². The zero-order chi connectivity index (χ0) is 20.6. The highest BCUT2D eigenvalue weighted by atomic mass is 35.5. The molecule has 0 N–H and O–H groups in total. The molecule has 0 spiro atoms. The Morgan fingerprint density at radius 3 is 2.14 bits per heavy atom. The minimum absolute atomic E-state index is 0.0388. The van der Waals surface area contributed by atoms with Gasteiger partial charge in [0.1, 0.15) is 16.7 Å². The Morgan fingerprint density at radius 2 is 1.61 bits per heavy atom. The van der Waals surface area contributed by atoms with Crippen molar-refractivity contribution in [1.82, 2.24) is 14.9 Å². The summed E-state index contributed by atoms with van der Waals surface area (Å²) in [5.41, 5.74) is -0.926. The summed E-state index contributed by atoms with van der Waals surface area (Å²) in [6.45, 7) is 1.32. The molecule has 1 fully saturated rings. The monoisotopic (exact) mass is 472 g/mol. The standard InChI is InChI=1S/C16H11Cl4F3N4O/c17-10-11(18)13(25-14(20)12(10)19)15(28)27-5-3-26(4-6-27)9-2-1-8(7-24-9)16(21,22)23/h1-2,7H,3-6H2. The van der Waals surface area contributed by atoms with Crippen LogP contribution in [0.1, 0.15) is 16.1 Å². The summed E-state index contributed by atoms with van der Waals surface area (Å²) >= 11 is 23.7. The molecule has 0 saturated carbocycles. The van der Waals surface area contributed by atoms with Gasteiger partial charge in [0.05, 0.1) is 20.6 Å². The zero-order valence-electron chi connectivity index (χ0n) is 13.9. The number of hydrogen-bond acceptors (Lipinski definition) is 4. The predicted molar refractivity (Wildman–Crippen MR) is 102 cm³/mol. The van der Waals surface area contributed by atoms with Gasteiger partial charge in [-0.25, -0.2) is 9.97 Å². The summed E-state index contributed by atoms with van der Waals surface area (Å²) < 4.78 is 37.9. The van der Waals surface area contributed by atoms with E-state index < -0.39 is 17.6 Å². The second-order valence-electron chi connectivity index (χ2n) is 5.88. The minimum Gasteiger partial charge on any atom is -0.353 e. The van der Waals surface area contributed by atoms with Crippen LogP contribution in [-0.2, 0) is 6.18 Å². The largest absolute Gasteiger partial charge is 0.417 e. The molecular weight excluding hydrogens is 463 g/mol. The predicted octanol–water partition coefficient (Wildman–Crippen LogP) is 5.07. The van der Waals surface area contributed by atoms with E-state index >= 15 is 0 Å². The Bertz CT molecular complexity index is 900. The van der Waals surface area contributed by atoms with E-state index in [-0.39, 0.29) is 39.0 Å². The number of carbonyl (C=O) groups excluding carboxylic acids is 1. The number of alkyl halides is 3. The Hall–Kier alpha value is -1.48. The lowest BCUT2D eigenvalue weighted by atomic mass is 10.2. The van der Waals surface area contributed by atoms with E-state index in [2.05, 4.69) is 9.97 Å². The van der Waals surface area contributed by atoms with Crippen LogP contribution < -0.4 is 4.90 Å². The number of amides is 1. The lowest BCUT2D eigenvalue weighted by Crippen LogP contribution is -2.49. The highest BCUT2D eigenvalue weighted by Gasteiger charge is 2.31. The second kappa shape index (κ2) is 8.10. The maximum atomic E-state index is 12.7. The quantitative estimate of drug-likeness (QED) is 0.571. The second-order valence-corrected chi connectivity index (χ2v) is 7.37. The van der Waals surface area contributed by atoms with Crippen LogP contribution in [0.5, 0.6) is 0 Å². The third kappa shape index (κ3) is 4.25. The summed E-state index contributed by atoms with van der Waals surface area (Å²) in [6.07, 6.45) is -3.65. The first-order chi connectivity index (χ1) is 13.1. The topological polar surface area (TPSA) is 49.3 Å². The van der Waals surface area contributed by atoms with Crippen molar-refractivity contribution in [3.8, 4) is 0 Å². The highest BCUT2D eigenvalue weighted by Crippen LogP contribution is 2.36. The average molecular weight is 474 g/mol.